The van der Waals surface area contributed by atoms with Crippen LogP contribution in [-0.2, 0) is 16.0 Å². The van der Waals surface area contributed by atoms with E-state index < -0.39 is 0 Å². The zero-order chi connectivity index (χ0) is 13.1. The molecule has 94 valence electrons. The molecule has 2 aromatic rings. The van der Waals surface area contributed by atoms with Crippen LogP contribution in [0, 0.1) is 0 Å². The summed E-state index contributed by atoms with van der Waals surface area (Å²) in [5.41, 5.74) is 0.807. The van der Waals surface area contributed by atoms with Gasteiger partial charge in [-0.15, -0.1) is 11.3 Å². The second-order valence-corrected chi connectivity index (χ2v) is 5.60. The van der Waals surface area contributed by atoms with E-state index in [2.05, 4.69) is 4.74 Å². The summed E-state index contributed by atoms with van der Waals surface area (Å²) in [5.74, 6) is -0.256. The lowest BCUT2D eigenvalue weighted by atomic mass is 10.2. The Labute approximate surface area is 119 Å². The summed E-state index contributed by atoms with van der Waals surface area (Å²) in [6, 6.07) is 9.19. The van der Waals surface area contributed by atoms with Gasteiger partial charge >= 0.3 is 5.97 Å². The normalized spacial score (nSPS) is 10.4. The third-order valence-corrected chi connectivity index (χ3v) is 4.15. The van der Waals surface area contributed by atoms with Crippen molar-refractivity contribution in [2.75, 3.05) is 7.11 Å². The van der Waals surface area contributed by atoms with Gasteiger partial charge in [-0.2, -0.15) is 0 Å². The lowest BCUT2D eigenvalue weighted by molar-refractivity contribution is -0.139. The number of esters is 1. The number of benzene rings is 1. The first-order valence-electron chi connectivity index (χ1n) is 5.21. The second kappa shape index (κ2) is 5.74. The van der Waals surface area contributed by atoms with E-state index in [1.54, 1.807) is 18.2 Å². The molecular formula is C13H10Cl2O2S. The van der Waals surface area contributed by atoms with Crippen molar-refractivity contribution in [2.24, 2.45) is 0 Å². The molecule has 0 saturated heterocycles. The molecule has 0 atom stereocenters. The molecule has 0 spiro atoms. The highest BCUT2D eigenvalue weighted by atomic mass is 35.5. The standard InChI is InChI=1S/C13H10Cl2O2S/c1-17-12(16)7-8-5-6-11(18-8)13-9(14)3-2-4-10(13)15/h2-6H,7H2,1H3. The van der Waals surface area contributed by atoms with E-state index in [0.717, 1.165) is 15.3 Å². The van der Waals surface area contributed by atoms with Gasteiger partial charge in [0.1, 0.15) is 0 Å². The first kappa shape index (κ1) is 13.4. The topological polar surface area (TPSA) is 26.3 Å². The van der Waals surface area contributed by atoms with E-state index in [-0.39, 0.29) is 12.4 Å². The third-order valence-electron chi connectivity index (χ3n) is 2.42. The lowest BCUT2D eigenvalue weighted by Crippen LogP contribution is -2.02. The third kappa shape index (κ3) is 2.86. The minimum Gasteiger partial charge on any atom is -0.469 e. The van der Waals surface area contributed by atoms with Gasteiger partial charge in [-0.1, -0.05) is 29.3 Å². The van der Waals surface area contributed by atoms with Crippen LogP contribution in [0.15, 0.2) is 30.3 Å². The molecule has 0 amide bonds. The molecule has 0 bridgehead atoms. The van der Waals surface area contributed by atoms with Crippen LogP contribution < -0.4 is 0 Å². The molecule has 18 heavy (non-hydrogen) atoms. The highest BCUT2D eigenvalue weighted by Crippen LogP contribution is 2.38. The largest absolute Gasteiger partial charge is 0.469 e. The average molecular weight is 301 g/mol. The van der Waals surface area contributed by atoms with Crippen LogP contribution in [0.2, 0.25) is 10.0 Å². The number of rotatable bonds is 3. The second-order valence-electron chi connectivity index (χ2n) is 3.62. The monoisotopic (exact) mass is 300 g/mol. The fourth-order valence-corrected chi connectivity index (χ4v) is 3.33. The van der Waals surface area contributed by atoms with Gasteiger partial charge < -0.3 is 4.74 Å². The number of ether oxygens (including phenoxy) is 1. The van der Waals surface area contributed by atoms with Gasteiger partial charge in [-0.25, -0.2) is 0 Å². The zero-order valence-electron chi connectivity index (χ0n) is 9.57. The van der Waals surface area contributed by atoms with Gasteiger partial charge in [0.25, 0.3) is 0 Å². The van der Waals surface area contributed by atoms with Crippen LogP contribution in [0.5, 0.6) is 0 Å². The van der Waals surface area contributed by atoms with Crippen molar-refractivity contribution in [1.82, 2.24) is 0 Å². The van der Waals surface area contributed by atoms with Crippen molar-refractivity contribution in [3.05, 3.63) is 45.3 Å². The van der Waals surface area contributed by atoms with Crippen LogP contribution in [0.1, 0.15) is 4.88 Å². The summed E-state index contributed by atoms with van der Waals surface area (Å²) < 4.78 is 4.63. The fourth-order valence-electron chi connectivity index (χ4n) is 1.55. The van der Waals surface area contributed by atoms with Crippen molar-refractivity contribution in [3.8, 4) is 10.4 Å². The molecule has 0 saturated carbocycles. The van der Waals surface area contributed by atoms with Crippen molar-refractivity contribution < 1.29 is 9.53 Å². The number of carbonyl (C=O) groups excluding carboxylic acids is 1. The Bertz CT molecular complexity index is 558. The Hall–Kier alpha value is -1.03. The van der Waals surface area contributed by atoms with Gasteiger partial charge in [0, 0.05) is 15.3 Å². The van der Waals surface area contributed by atoms with E-state index in [4.69, 9.17) is 23.2 Å². The maximum atomic E-state index is 11.2. The predicted octanol–water partition coefficient (Wildman–Crippen LogP) is 4.44. The predicted molar refractivity (Wildman–Crippen MR) is 75.5 cm³/mol. The van der Waals surface area contributed by atoms with Crippen LogP contribution >= 0.6 is 34.5 Å². The van der Waals surface area contributed by atoms with Gasteiger partial charge in [-0.05, 0) is 24.3 Å². The van der Waals surface area contributed by atoms with Gasteiger partial charge in [0.05, 0.1) is 23.6 Å². The summed E-state index contributed by atoms with van der Waals surface area (Å²) in [6.45, 7) is 0. The van der Waals surface area contributed by atoms with Crippen molar-refractivity contribution in [3.63, 3.8) is 0 Å². The molecule has 5 heteroatoms. The Morgan fingerprint density at radius 2 is 1.89 bits per heavy atom. The molecule has 2 nitrogen and oxygen atoms in total. The maximum Gasteiger partial charge on any atom is 0.310 e. The molecule has 1 heterocycles. The summed E-state index contributed by atoms with van der Waals surface area (Å²) >= 11 is 13.8. The van der Waals surface area contributed by atoms with E-state index in [1.165, 1.54) is 18.4 Å². The van der Waals surface area contributed by atoms with Gasteiger partial charge in [0.2, 0.25) is 0 Å². The van der Waals surface area contributed by atoms with E-state index in [1.807, 2.05) is 12.1 Å². The molecule has 2 rings (SSSR count). The number of hydrogen-bond acceptors (Lipinski definition) is 3. The number of halogens is 2. The first-order chi connectivity index (χ1) is 8.61. The SMILES string of the molecule is COC(=O)Cc1ccc(-c2c(Cl)cccc2Cl)s1. The molecule has 1 aromatic carbocycles. The zero-order valence-corrected chi connectivity index (χ0v) is 11.9. The molecule has 0 radical (unpaired) electrons. The van der Waals surface area contributed by atoms with E-state index in [9.17, 15) is 4.79 Å². The minimum atomic E-state index is -0.256. The molecule has 1 aromatic heterocycles. The quantitative estimate of drug-likeness (QED) is 0.784. The highest BCUT2D eigenvalue weighted by molar-refractivity contribution is 7.15. The van der Waals surface area contributed by atoms with Crippen LogP contribution in [0.4, 0.5) is 0 Å². The summed E-state index contributed by atoms with van der Waals surface area (Å²) in [7, 11) is 1.38. The Balaban J connectivity index is 2.32. The molecular weight excluding hydrogens is 291 g/mol. The molecule has 0 fully saturated rings. The molecule has 0 aliphatic carbocycles. The Morgan fingerprint density at radius 3 is 2.50 bits per heavy atom. The molecule has 0 unspecified atom stereocenters. The number of thiophene rings is 1. The average Bonchev–Trinajstić information content (AvgIpc) is 2.77. The van der Waals surface area contributed by atoms with Crippen molar-refractivity contribution in [1.29, 1.82) is 0 Å². The van der Waals surface area contributed by atoms with Crippen molar-refractivity contribution >= 4 is 40.5 Å². The minimum absolute atomic E-state index is 0.256. The molecule has 0 N–H and O–H groups in total. The Morgan fingerprint density at radius 1 is 1.22 bits per heavy atom. The number of hydrogen-bond donors (Lipinski definition) is 0. The van der Waals surface area contributed by atoms with Crippen LogP contribution in [0.25, 0.3) is 10.4 Å². The number of methoxy groups -OCH3 is 1. The molecule has 0 aliphatic heterocycles. The van der Waals surface area contributed by atoms with E-state index >= 15 is 0 Å². The van der Waals surface area contributed by atoms with Gasteiger partial charge in [0.15, 0.2) is 0 Å². The smallest absolute Gasteiger partial charge is 0.310 e. The highest BCUT2D eigenvalue weighted by Gasteiger charge is 2.12. The van der Waals surface area contributed by atoms with Crippen molar-refractivity contribution in [2.45, 2.75) is 6.42 Å². The van der Waals surface area contributed by atoms with E-state index in [0.29, 0.717) is 10.0 Å². The Kier molecular flexibility index (Phi) is 4.27. The van der Waals surface area contributed by atoms with Crippen LogP contribution in [0.3, 0.4) is 0 Å². The molecule has 0 aliphatic rings. The fraction of sp³-hybridized carbons (Fsp3) is 0.154. The number of carbonyl (C=O) groups is 1. The maximum absolute atomic E-state index is 11.2. The van der Waals surface area contributed by atoms with Crippen LogP contribution in [-0.4, -0.2) is 13.1 Å². The van der Waals surface area contributed by atoms with Gasteiger partial charge in [-0.3, -0.25) is 4.79 Å². The lowest BCUT2D eigenvalue weighted by Gasteiger charge is -2.03. The first-order valence-corrected chi connectivity index (χ1v) is 6.79. The summed E-state index contributed by atoms with van der Waals surface area (Å²) in [4.78, 5) is 13.1. The summed E-state index contributed by atoms with van der Waals surface area (Å²) in [5, 5.41) is 1.21. The summed E-state index contributed by atoms with van der Waals surface area (Å²) in [6.07, 6.45) is 0.267.